The van der Waals surface area contributed by atoms with Crippen molar-refractivity contribution < 1.29 is 27.3 Å². The molecule has 1 aliphatic rings. The lowest BCUT2D eigenvalue weighted by Crippen LogP contribution is -2.52. The van der Waals surface area contributed by atoms with Gasteiger partial charge >= 0.3 is 0 Å². The van der Waals surface area contributed by atoms with Crippen molar-refractivity contribution in [1.29, 1.82) is 0 Å². The van der Waals surface area contributed by atoms with Gasteiger partial charge in [-0.15, -0.1) is 0 Å². The third-order valence-corrected chi connectivity index (χ3v) is 8.95. The van der Waals surface area contributed by atoms with Crippen molar-refractivity contribution in [2.24, 2.45) is 11.8 Å². The predicted octanol–water partition coefficient (Wildman–Crippen LogP) is 4.76. The van der Waals surface area contributed by atoms with Gasteiger partial charge in [-0.2, -0.15) is 0 Å². The van der Waals surface area contributed by atoms with Gasteiger partial charge in [0.1, 0.15) is 11.8 Å². The van der Waals surface area contributed by atoms with Crippen molar-refractivity contribution in [2.45, 2.75) is 64.6 Å². The van der Waals surface area contributed by atoms with Crippen LogP contribution in [0.25, 0.3) is 11.1 Å². The minimum atomic E-state index is -4.02. The molecule has 3 aromatic rings. The van der Waals surface area contributed by atoms with E-state index < -0.39 is 16.1 Å². The Bertz CT molecular complexity index is 1560. The Morgan fingerprint density at radius 3 is 2.36 bits per heavy atom. The van der Waals surface area contributed by atoms with E-state index >= 15 is 0 Å². The number of nitrogens with zero attached hydrogens (tertiary/aromatic N) is 3. The Kier molecular flexibility index (Phi) is 9.42. The Morgan fingerprint density at radius 2 is 1.79 bits per heavy atom. The molecule has 10 nitrogen and oxygen atoms in total. The van der Waals surface area contributed by atoms with Gasteiger partial charge in [0.2, 0.25) is 11.8 Å². The molecule has 1 fully saturated rings. The van der Waals surface area contributed by atoms with Crippen LogP contribution in [0.4, 0.5) is 5.82 Å². The van der Waals surface area contributed by atoms with Crippen LogP contribution in [0.5, 0.6) is 0 Å². The molecule has 0 spiro atoms. The number of hydrogen-bond acceptors (Lipinski definition) is 7. The van der Waals surface area contributed by atoms with Crippen molar-refractivity contribution in [3.05, 3.63) is 64.9 Å². The molecule has 42 heavy (non-hydrogen) atoms. The molecule has 0 bridgehead atoms. The van der Waals surface area contributed by atoms with Crippen molar-refractivity contribution in [1.82, 2.24) is 15.0 Å². The standard InChI is InChI=1S/C31H40N4O6S/c1-19(2)28(31(37)34(5)6)35(30(36)23-13-14-23)17-22-12-15-25(24(16-22)18-40-7)26-10-8-9-11-27(26)42(38,39)33-29-20(3)21(4)41-32-29/h8-12,15-16,19,23,28H,13-14,17-18H2,1-7H3,(H,32,33)/t28-/m0/s1. The zero-order chi connectivity index (χ0) is 30.8. The van der Waals surface area contributed by atoms with Crippen molar-refractivity contribution in [3.8, 4) is 11.1 Å². The quantitative estimate of drug-likeness (QED) is 0.320. The molecule has 2 amide bonds. The second kappa shape index (κ2) is 12.7. The topological polar surface area (TPSA) is 122 Å². The molecule has 0 radical (unpaired) electrons. The predicted molar refractivity (Wildman–Crippen MR) is 160 cm³/mol. The van der Waals surface area contributed by atoms with Crippen molar-refractivity contribution in [3.63, 3.8) is 0 Å². The number of methoxy groups -OCH3 is 1. The summed E-state index contributed by atoms with van der Waals surface area (Å²) in [5, 5.41) is 3.85. The van der Waals surface area contributed by atoms with E-state index in [-0.39, 0.29) is 47.5 Å². The van der Waals surface area contributed by atoms with Crippen molar-refractivity contribution in [2.75, 3.05) is 25.9 Å². The number of carbonyl (C=O) groups is 2. The molecule has 1 aromatic heterocycles. The largest absolute Gasteiger partial charge is 0.380 e. The zero-order valence-electron chi connectivity index (χ0n) is 25.3. The molecule has 11 heteroatoms. The van der Waals surface area contributed by atoms with E-state index in [2.05, 4.69) is 9.88 Å². The fourth-order valence-corrected chi connectivity index (χ4v) is 6.30. The smallest absolute Gasteiger partial charge is 0.263 e. The van der Waals surface area contributed by atoms with E-state index in [9.17, 15) is 18.0 Å². The molecule has 2 aromatic carbocycles. The minimum Gasteiger partial charge on any atom is -0.380 e. The molecular formula is C31H40N4O6S. The number of nitrogens with one attached hydrogen (secondary N) is 1. The van der Waals surface area contributed by atoms with Gasteiger partial charge in [0.15, 0.2) is 5.82 Å². The summed E-state index contributed by atoms with van der Waals surface area (Å²) in [6, 6.07) is 11.8. The van der Waals surface area contributed by atoms with Crippen LogP contribution in [0.2, 0.25) is 0 Å². The SMILES string of the molecule is COCc1cc(CN(C(=O)C2CC2)[C@H](C(=O)N(C)C)C(C)C)ccc1-c1ccccc1S(=O)(=O)Nc1noc(C)c1C. The van der Waals surface area contributed by atoms with E-state index in [4.69, 9.17) is 9.26 Å². The van der Waals surface area contributed by atoms with Crippen LogP contribution >= 0.6 is 0 Å². The van der Waals surface area contributed by atoms with E-state index in [0.29, 0.717) is 22.5 Å². The first-order chi connectivity index (χ1) is 19.9. The third kappa shape index (κ3) is 6.68. The Balaban J connectivity index is 1.73. The van der Waals surface area contributed by atoms with Crippen LogP contribution in [0.15, 0.2) is 51.9 Å². The summed E-state index contributed by atoms with van der Waals surface area (Å²) in [4.78, 5) is 30.0. The van der Waals surface area contributed by atoms with Crippen LogP contribution in [-0.4, -0.2) is 62.4 Å². The monoisotopic (exact) mass is 596 g/mol. The molecule has 226 valence electrons. The van der Waals surface area contributed by atoms with E-state index in [1.54, 1.807) is 64.2 Å². The second-order valence-electron chi connectivity index (χ2n) is 11.4. The molecular weight excluding hydrogens is 556 g/mol. The first kappa shape index (κ1) is 31.2. The number of aryl methyl sites for hydroxylation is 1. The summed E-state index contributed by atoms with van der Waals surface area (Å²) in [7, 11) is 0.956. The summed E-state index contributed by atoms with van der Waals surface area (Å²) in [5.41, 5.74) is 3.36. The Morgan fingerprint density at radius 1 is 1.10 bits per heavy atom. The lowest BCUT2D eigenvalue weighted by atomic mass is 9.96. The van der Waals surface area contributed by atoms with Crippen LogP contribution in [0, 0.1) is 25.7 Å². The summed E-state index contributed by atoms with van der Waals surface area (Å²) in [5.74, 6) is 0.407. The number of anilines is 1. The molecule has 1 heterocycles. The average Bonchev–Trinajstić information content (AvgIpc) is 3.75. The maximum absolute atomic E-state index is 13.5. The maximum Gasteiger partial charge on any atom is 0.263 e. The number of hydrogen-bond donors (Lipinski definition) is 1. The highest BCUT2D eigenvalue weighted by Gasteiger charge is 2.40. The molecule has 0 unspecified atom stereocenters. The Hall–Kier alpha value is -3.70. The van der Waals surface area contributed by atoms with Gasteiger partial charge in [-0.25, -0.2) is 8.42 Å². The third-order valence-electron chi connectivity index (χ3n) is 7.55. The highest BCUT2D eigenvalue weighted by molar-refractivity contribution is 7.92. The van der Waals surface area contributed by atoms with Crippen LogP contribution in [-0.2, 0) is 37.5 Å². The number of rotatable bonds is 12. The number of carbonyl (C=O) groups excluding carboxylic acids is 2. The number of aromatic nitrogens is 1. The fraction of sp³-hybridized carbons (Fsp3) is 0.452. The van der Waals surface area contributed by atoms with Gasteiger partial charge in [-0.3, -0.25) is 14.3 Å². The molecule has 1 aliphatic carbocycles. The van der Waals surface area contributed by atoms with Gasteiger partial charge in [0.05, 0.1) is 11.5 Å². The van der Waals surface area contributed by atoms with E-state index in [0.717, 1.165) is 24.0 Å². The summed E-state index contributed by atoms with van der Waals surface area (Å²) < 4.78 is 40.3. The minimum absolute atomic E-state index is 0.0119. The van der Waals surface area contributed by atoms with Gasteiger partial charge in [0, 0.05) is 44.8 Å². The van der Waals surface area contributed by atoms with Gasteiger partial charge in [0.25, 0.3) is 10.0 Å². The second-order valence-corrected chi connectivity index (χ2v) is 13.1. The summed E-state index contributed by atoms with van der Waals surface area (Å²) in [6.07, 6.45) is 1.66. The normalized spacial score (nSPS) is 14.1. The zero-order valence-corrected chi connectivity index (χ0v) is 26.1. The molecule has 1 saturated carbocycles. The fourth-order valence-electron chi connectivity index (χ4n) is 5.02. The summed E-state index contributed by atoms with van der Waals surface area (Å²) in [6.45, 7) is 7.82. The first-order valence-electron chi connectivity index (χ1n) is 14.0. The van der Waals surface area contributed by atoms with Crippen LogP contribution in [0.1, 0.15) is 49.1 Å². The number of ether oxygens (including phenoxy) is 1. The molecule has 4 rings (SSSR count). The van der Waals surface area contributed by atoms with E-state index in [1.807, 2.05) is 32.0 Å². The Labute approximate surface area is 248 Å². The number of benzene rings is 2. The number of sulfonamides is 1. The average molecular weight is 597 g/mol. The maximum atomic E-state index is 13.5. The number of likely N-dealkylation sites (N-methyl/N-ethyl adjacent to an activating group) is 1. The van der Waals surface area contributed by atoms with E-state index in [1.165, 1.54) is 4.90 Å². The van der Waals surface area contributed by atoms with Crippen LogP contribution in [0.3, 0.4) is 0 Å². The molecule has 1 N–H and O–H groups in total. The lowest BCUT2D eigenvalue weighted by Gasteiger charge is -2.35. The first-order valence-corrected chi connectivity index (χ1v) is 15.5. The van der Waals surface area contributed by atoms with Crippen LogP contribution < -0.4 is 4.72 Å². The molecule has 1 atom stereocenters. The van der Waals surface area contributed by atoms with Gasteiger partial charge in [-0.1, -0.05) is 55.4 Å². The molecule has 0 aliphatic heterocycles. The van der Waals surface area contributed by atoms with Crippen molar-refractivity contribution >= 4 is 27.7 Å². The molecule has 0 saturated heterocycles. The lowest BCUT2D eigenvalue weighted by molar-refractivity contribution is -0.147. The van der Waals surface area contributed by atoms with Gasteiger partial charge in [-0.05, 0) is 55.4 Å². The summed E-state index contributed by atoms with van der Waals surface area (Å²) >= 11 is 0. The number of amides is 2. The highest BCUT2D eigenvalue weighted by Crippen LogP contribution is 2.35. The highest BCUT2D eigenvalue weighted by atomic mass is 32.2. The van der Waals surface area contributed by atoms with Gasteiger partial charge < -0.3 is 19.1 Å².